The first kappa shape index (κ1) is 37.4. The van der Waals surface area contributed by atoms with Crippen LogP contribution in [0.3, 0.4) is 0 Å². The van der Waals surface area contributed by atoms with Crippen LogP contribution in [0.5, 0.6) is 11.5 Å². The van der Waals surface area contributed by atoms with E-state index in [9.17, 15) is 0 Å². The monoisotopic (exact) mass is 604 g/mol. The fourth-order valence-electron chi connectivity index (χ4n) is 6.14. The summed E-state index contributed by atoms with van der Waals surface area (Å²) in [6.07, 6.45) is 10.2. The molecular weight excluding hydrogens is 544 g/mol. The van der Waals surface area contributed by atoms with Crippen LogP contribution in [0.15, 0.2) is 97.1 Å². The number of hydrogen-bond acceptors (Lipinski definition) is 4. The molecule has 8 rings (SSSR count). The van der Waals surface area contributed by atoms with Gasteiger partial charge in [0, 0.05) is 0 Å². The van der Waals surface area contributed by atoms with Crippen LogP contribution in [-0.4, -0.2) is 38.6 Å². The quantitative estimate of drug-likeness (QED) is 0.263. The van der Waals surface area contributed by atoms with Gasteiger partial charge in [-0.05, 0) is 80.0 Å². The van der Waals surface area contributed by atoms with E-state index in [1.807, 2.05) is 139 Å². The highest BCUT2D eigenvalue weighted by Crippen LogP contribution is 2.58. The van der Waals surface area contributed by atoms with Crippen molar-refractivity contribution in [2.45, 2.75) is 92.3 Å². The predicted octanol–water partition coefficient (Wildman–Crippen LogP) is 10.5. The Morgan fingerprint density at radius 2 is 0.818 bits per heavy atom. The molecule has 0 aromatic heterocycles. The van der Waals surface area contributed by atoms with Crippen LogP contribution >= 0.6 is 0 Å². The summed E-state index contributed by atoms with van der Waals surface area (Å²) in [6.45, 7) is 15.1. The van der Waals surface area contributed by atoms with Crippen molar-refractivity contribution in [2.24, 2.45) is 23.7 Å². The lowest BCUT2D eigenvalue weighted by Gasteiger charge is -2.23. The van der Waals surface area contributed by atoms with Crippen LogP contribution in [0.2, 0.25) is 0 Å². The molecule has 3 saturated carbocycles. The molecule has 3 aromatic carbocycles. The zero-order valence-corrected chi connectivity index (χ0v) is 28.4. The van der Waals surface area contributed by atoms with Gasteiger partial charge in [-0.2, -0.15) is 0 Å². The first-order chi connectivity index (χ1) is 21.8. The second-order valence-corrected chi connectivity index (χ2v) is 10.9. The third kappa shape index (κ3) is 14.8. The Morgan fingerprint density at radius 1 is 0.500 bits per heavy atom. The van der Waals surface area contributed by atoms with E-state index < -0.39 is 0 Å². The summed E-state index contributed by atoms with van der Waals surface area (Å²) in [5.74, 6) is 6.64. The van der Waals surface area contributed by atoms with Gasteiger partial charge in [-0.3, -0.25) is 0 Å². The van der Waals surface area contributed by atoms with Crippen LogP contribution in [0.25, 0.3) is 0 Å². The van der Waals surface area contributed by atoms with Crippen LogP contribution < -0.4 is 9.47 Å². The van der Waals surface area contributed by atoms with Crippen molar-refractivity contribution in [2.75, 3.05) is 26.4 Å². The Kier molecular flexibility index (Phi) is 20.0. The van der Waals surface area contributed by atoms with E-state index in [1.54, 1.807) is 38.5 Å². The summed E-state index contributed by atoms with van der Waals surface area (Å²) < 4.78 is 20.8. The van der Waals surface area contributed by atoms with Gasteiger partial charge >= 0.3 is 0 Å². The summed E-state index contributed by atoms with van der Waals surface area (Å²) in [4.78, 5) is 0. The standard InChI is InChI=1S/C10H16.2C9H10O2.C6H6.3C2H6/c1-2-9-7-4-5-8(6-7)10(9)3-1;2*1-2-4-8(5-3-1)10-6-9-7-11-9;1-2-4-6-5-3-1;3*1-2/h7-10H,1-6H2;2*1-5,9H,6-7H2;1-6H;3*1-2H3. The summed E-state index contributed by atoms with van der Waals surface area (Å²) in [5.41, 5.74) is 0. The fraction of sp³-hybridized carbons (Fsp3) is 0.550. The highest BCUT2D eigenvalue weighted by molar-refractivity contribution is 5.21. The molecule has 3 aromatic rings. The fourth-order valence-corrected chi connectivity index (χ4v) is 6.14. The van der Waals surface area contributed by atoms with Gasteiger partial charge in [-0.15, -0.1) is 0 Å². The summed E-state index contributed by atoms with van der Waals surface area (Å²) in [6, 6.07) is 31.6. The van der Waals surface area contributed by atoms with Gasteiger partial charge in [-0.1, -0.05) is 121 Å². The summed E-state index contributed by atoms with van der Waals surface area (Å²) in [5, 5.41) is 0. The maximum atomic E-state index is 5.40. The first-order valence-corrected chi connectivity index (χ1v) is 17.4. The van der Waals surface area contributed by atoms with Gasteiger partial charge < -0.3 is 18.9 Å². The molecule has 2 heterocycles. The van der Waals surface area contributed by atoms with Crippen LogP contribution in [0.4, 0.5) is 0 Å². The molecule has 0 radical (unpaired) electrons. The van der Waals surface area contributed by atoms with E-state index in [2.05, 4.69) is 0 Å². The third-order valence-electron chi connectivity index (χ3n) is 8.18. The lowest BCUT2D eigenvalue weighted by atomic mass is 9.82. The van der Waals surface area contributed by atoms with E-state index in [0.717, 1.165) is 24.7 Å². The second kappa shape index (κ2) is 23.5. The van der Waals surface area contributed by atoms with Crippen LogP contribution in [-0.2, 0) is 9.47 Å². The Bertz CT molecular complexity index is 927. The highest BCUT2D eigenvalue weighted by Gasteiger charge is 2.48. The average molecular weight is 605 g/mol. The first-order valence-electron chi connectivity index (χ1n) is 17.4. The van der Waals surface area contributed by atoms with E-state index >= 15 is 0 Å². The van der Waals surface area contributed by atoms with E-state index in [1.165, 1.54) is 23.7 Å². The highest BCUT2D eigenvalue weighted by atomic mass is 16.6. The molecule has 2 saturated heterocycles. The van der Waals surface area contributed by atoms with Gasteiger partial charge in [0.1, 0.15) is 36.9 Å². The molecule has 5 fully saturated rings. The molecule has 6 unspecified atom stereocenters. The van der Waals surface area contributed by atoms with Crippen molar-refractivity contribution in [3.8, 4) is 11.5 Å². The molecule has 0 N–H and O–H groups in total. The zero-order valence-electron chi connectivity index (χ0n) is 28.4. The van der Waals surface area contributed by atoms with Crippen molar-refractivity contribution in [3.05, 3.63) is 97.1 Å². The van der Waals surface area contributed by atoms with Crippen molar-refractivity contribution in [3.63, 3.8) is 0 Å². The molecule has 244 valence electrons. The molecule has 2 bridgehead atoms. The maximum absolute atomic E-state index is 5.40. The lowest BCUT2D eigenvalue weighted by Crippen LogP contribution is -2.15. The Balaban J connectivity index is 0.000000196. The van der Waals surface area contributed by atoms with Crippen molar-refractivity contribution in [1.29, 1.82) is 0 Å². The predicted molar refractivity (Wildman–Crippen MR) is 186 cm³/mol. The normalized spacial score (nSPS) is 25.2. The van der Waals surface area contributed by atoms with Crippen LogP contribution in [0, 0.1) is 23.7 Å². The molecule has 2 aliphatic heterocycles. The van der Waals surface area contributed by atoms with E-state index in [0.29, 0.717) is 25.4 Å². The molecule has 0 spiro atoms. The maximum Gasteiger partial charge on any atom is 0.119 e. The summed E-state index contributed by atoms with van der Waals surface area (Å²) >= 11 is 0. The van der Waals surface area contributed by atoms with Gasteiger partial charge in [-0.25, -0.2) is 0 Å². The molecule has 5 aliphatic rings. The van der Waals surface area contributed by atoms with Crippen molar-refractivity contribution < 1.29 is 18.9 Å². The summed E-state index contributed by atoms with van der Waals surface area (Å²) in [7, 11) is 0. The average Bonchev–Trinajstić information content (AvgIpc) is 4.00. The molecule has 0 amide bonds. The molecular formula is C40H60O4. The SMILES string of the molecule is C1CC2C3CCC(C3)C2C1.CC.CC.CC.c1ccc(OCC2CO2)cc1.c1ccc(OCC2CO2)cc1.c1ccccc1. The topological polar surface area (TPSA) is 43.5 Å². The Morgan fingerprint density at radius 3 is 1.14 bits per heavy atom. The zero-order chi connectivity index (χ0) is 31.8. The van der Waals surface area contributed by atoms with Crippen molar-refractivity contribution in [1.82, 2.24) is 0 Å². The number of hydrogen-bond donors (Lipinski definition) is 0. The van der Waals surface area contributed by atoms with E-state index in [-0.39, 0.29) is 0 Å². The Labute approximate surface area is 269 Å². The number of benzene rings is 3. The lowest BCUT2D eigenvalue weighted by molar-refractivity contribution is 0.259. The Hall–Kier alpha value is -2.82. The van der Waals surface area contributed by atoms with Crippen LogP contribution in [0.1, 0.15) is 80.1 Å². The number of rotatable bonds is 6. The van der Waals surface area contributed by atoms with Gasteiger partial charge in [0.05, 0.1) is 13.2 Å². The third-order valence-corrected chi connectivity index (χ3v) is 8.18. The second-order valence-electron chi connectivity index (χ2n) is 10.9. The molecule has 4 nitrogen and oxygen atoms in total. The minimum absolute atomic E-state index is 0.343. The van der Waals surface area contributed by atoms with Gasteiger partial charge in [0.2, 0.25) is 0 Å². The molecule has 6 atom stereocenters. The minimum Gasteiger partial charge on any atom is -0.491 e. The van der Waals surface area contributed by atoms with Gasteiger partial charge in [0.15, 0.2) is 0 Å². The molecule has 4 heteroatoms. The largest absolute Gasteiger partial charge is 0.491 e. The minimum atomic E-state index is 0.343. The number of epoxide rings is 2. The number of ether oxygens (including phenoxy) is 4. The number of fused-ring (bicyclic) bond motifs is 5. The smallest absolute Gasteiger partial charge is 0.119 e. The molecule has 44 heavy (non-hydrogen) atoms. The van der Waals surface area contributed by atoms with Crippen molar-refractivity contribution >= 4 is 0 Å². The number of para-hydroxylation sites is 2. The van der Waals surface area contributed by atoms with E-state index in [4.69, 9.17) is 18.9 Å². The molecule has 3 aliphatic carbocycles. The van der Waals surface area contributed by atoms with Gasteiger partial charge in [0.25, 0.3) is 0 Å².